The second kappa shape index (κ2) is 7.74. The summed E-state index contributed by atoms with van der Waals surface area (Å²) >= 11 is 0. The van der Waals surface area contributed by atoms with E-state index in [0.717, 1.165) is 11.1 Å². The molecule has 0 aliphatic rings. The summed E-state index contributed by atoms with van der Waals surface area (Å²) in [5.74, 6) is 1.12. The first kappa shape index (κ1) is 17.5. The van der Waals surface area contributed by atoms with E-state index < -0.39 is 5.97 Å². The molecule has 134 valence electrons. The van der Waals surface area contributed by atoms with E-state index in [1.165, 1.54) is 0 Å². The summed E-state index contributed by atoms with van der Waals surface area (Å²) in [6.07, 6.45) is 0. The van der Waals surface area contributed by atoms with Crippen LogP contribution in [0.4, 0.5) is 0 Å². The minimum absolute atomic E-state index is 0.0953. The van der Waals surface area contributed by atoms with Crippen LogP contribution in [0.5, 0.6) is 11.5 Å². The zero-order valence-electron chi connectivity index (χ0n) is 14.8. The maximum absolute atomic E-state index is 12.6. The van der Waals surface area contributed by atoms with E-state index in [9.17, 15) is 4.79 Å². The molecule has 0 fully saturated rings. The average molecular weight is 353 g/mol. The van der Waals surface area contributed by atoms with Gasteiger partial charge < -0.3 is 18.7 Å². The molecule has 6 nitrogen and oxygen atoms in total. The fourth-order valence-electron chi connectivity index (χ4n) is 2.60. The van der Waals surface area contributed by atoms with Crippen molar-refractivity contribution in [2.75, 3.05) is 14.2 Å². The zero-order valence-corrected chi connectivity index (χ0v) is 14.8. The van der Waals surface area contributed by atoms with Gasteiger partial charge in [0.05, 0.1) is 14.2 Å². The van der Waals surface area contributed by atoms with Crippen LogP contribution >= 0.6 is 0 Å². The largest absolute Gasteiger partial charge is 0.493 e. The smallest absolute Gasteiger partial charge is 0.344 e. The quantitative estimate of drug-likeness (QED) is 0.623. The molecule has 2 aromatic carbocycles. The molecule has 0 atom stereocenters. The van der Waals surface area contributed by atoms with E-state index in [4.69, 9.17) is 18.7 Å². The highest BCUT2D eigenvalue weighted by Crippen LogP contribution is 2.29. The summed E-state index contributed by atoms with van der Waals surface area (Å²) in [7, 11) is 3.12. The van der Waals surface area contributed by atoms with Crippen LogP contribution in [0.15, 0.2) is 53.1 Å². The van der Waals surface area contributed by atoms with Crippen molar-refractivity contribution in [3.05, 3.63) is 65.4 Å². The van der Waals surface area contributed by atoms with Gasteiger partial charge in [0, 0.05) is 5.56 Å². The number of nitrogens with zero attached hydrogens (tertiary/aromatic N) is 1. The number of rotatable bonds is 6. The molecule has 0 unspecified atom stereocenters. The van der Waals surface area contributed by atoms with E-state index in [0.29, 0.717) is 28.5 Å². The number of methoxy groups -OCH3 is 2. The Morgan fingerprint density at radius 1 is 1.04 bits per heavy atom. The van der Waals surface area contributed by atoms with Gasteiger partial charge in [-0.3, -0.25) is 0 Å². The molecule has 0 aliphatic heterocycles. The Hall–Kier alpha value is -3.28. The van der Waals surface area contributed by atoms with Gasteiger partial charge >= 0.3 is 5.97 Å². The molecule has 0 radical (unpaired) electrons. The lowest BCUT2D eigenvalue weighted by molar-refractivity contribution is 0.0471. The van der Waals surface area contributed by atoms with Gasteiger partial charge in [0.1, 0.15) is 23.6 Å². The predicted molar refractivity (Wildman–Crippen MR) is 95.3 cm³/mol. The normalized spacial score (nSPS) is 10.4. The highest BCUT2D eigenvalue weighted by Gasteiger charge is 2.23. The average Bonchev–Trinajstić information content (AvgIpc) is 3.08. The lowest BCUT2D eigenvalue weighted by atomic mass is 10.1. The zero-order chi connectivity index (χ0) is 18.5. The summed E-state index contributed by atoms with van der Waals surface area (Å²) in [6.45, 7) is 1.78. The predicted octanol–water partition coefficient (Wildman–Crippen LogP) is 4.02. The van der Waals surface area contributed by atoms with Crippen LogP contribution in [0.1, 0.15) is 21.7 Å². The first-order valence-corrected chi connectivity index (χ1v) is 8.03. The second-order valence-corrected chi connectivity index (χ2v) is 5.59. The second-order valence-electron chi connectivity index (χ2n) is 5.59. The molecule has 0 spiro atoms. The van der Waals surface area contributed by atoms with Crippen LogP contribution in [0.25, 0.3) is 11.3 Å². The molecule has 0 N–H and O–H groups in total. The van der Waals surface area contributed by atoms with Crippen molar-refractivity contribution < 1.29 is 23.5 Å². The lowest BCUT2D eigenvalue weighted by Gasteiger charge is -2.10. The Labute approximate surface area is 151 Å². The van der Waals surface area contributed by atoms with Gasteiger partial charge in [-0.2, -0.15) is 0 Å². The summed E-state index contributed by atoms with van der Waals surface area (Å²) in [5.41, 5.74) is 2.38. The Bertz CT molecular complexity index is 902. The Morgan fingerprint density at radius 3 is 2.46 bits per heavy atom. The van der Waals surface area contributed by atoms with Gasteiger partial charge in [0.15, 0.2) is 11.5 Å². The van der Waals surface area contributed by atoms with E-state index in [1.807, 2.05) is 36.4 Å². The molecule has 0 saturated heterocycles. The third kappa shape index (κ3) is 3.54. The van der Waals surface area contributed by atoms with Crippen LogP contribution in [0, 0.1) is 6.92 Å². The van der Waals surface area contributed by atoms with Crippen molar-refractivity contribution >= 4 is 5.97 Å². The Balaban J connectivity index is 1.78. The molecule has 3 aromatic rings. The van der Waals surface area contributed by atoms with Crippen molar-refractivity contribution in [1.29, 1.82) is 0 Å². The fourth-order valence-corrected chi connectivity index (χ4v) is 2.60. The third-order valence-corrected chi connectivity index (χ3v) is 3.93. The SMILES string of the molecule is COc1ccc(COC(=O)c2c(-c3ccccc3)noc2C)cc1OC. The maximum atomic E-state index is 12.6. The number of ether oxygens (including phenoxy) is 3. The van der Waals surface area contributed by atoms with E-state index in [1.54, 1.807) is 33.3 Å². The van der Waals surface area contributed by atoms with Gasteiger partial charge in [0.25, 0.3) is 0 Å². The summed E-state index contributed by atoms with van der Waals surface area (Å²) in [6, 6.07) is 14.7. The van der Waals surface area contributed by atoms with E-state index >= 15 is 0 Å². The molecule has 0 bridgehead atoms. The number of benzene rings is 2. The summed E-state index contributed by atoms with van der Waals surface area (Å²) in [4.78, 5) is 12.6. The number of hydrogen-bond donors (Lipinski definition) is 0. The highest BCUT2D eigenvalue weighted by atomic mass is 16.5. The summed E-state index contributed by atoms with van der Waals surface area (Å²) in [5, 5.41) is 4.00. The van der Waals surface area contributed by atoms with Gasteiger partial charge in [-0.15, -0.1) is 0 Å². The van der Waals surface area contributed by atoms with Crippen molar-refractivity contribution in [3.8, 4) is 22.8 Å². The minimum atomic E-state index is -0.489. The van der Waals surface area contributed by atoms with Crippen molar-refractivity contribution in [2.45, 2.75) is 13.5 Å². The topological polar surface area (TPSA) is 70.8 Å². The Kier molecular flexibility index (Phi) is 5.22. The van der Waals surface area contributed by atoms with Crippen molar-refractivity contribution in [2.24, 2.45) is 0 Å². The van der Waals surface area contributed by atoms with Gasteiger partial charge in [0.2, 0.25) is 0 Å². The van der Waals surface area contributed by atoms with Crippen molar-refractivity contribution in [1.82, 2.24) is 5.16 Å². The van der Waals surface area contributed by atoms with Crippen LogP contribution in [-0.4, -0.2) is 25.3 Å². The van der Waals surface area contributed by atoms with Crippen LogP contribution in [0.3, 0.4) is 0 Å². The highest BCUT2D eigenvalue weighted by molar-refractivity contribution is 5.97. The molecule has 0 aliphatic carbocycles. The Morgan fingerprint density at radius 2 is 1.77 bits per heavy atom. The van der Waals surface area contributed by atoms with Gasteiger partial charge in [-0.05, 0) is 24.6 Å². The molecular formula is C20H19NO5. The maximum Gasteiger partial charge on any atom is 0.344 e. The molecule has 6 heteroatoms. The molecule has 1 aromatic heterocycles. The van der Waals surface area contributed by atoms with Crippen molar-refractivity contribution in [3.63, 3.8) is 0 Å². The number of aromatic nitrogens is 1. The third-order valence-electron chi connectivity index (χ3n) is 3.93. The minimum Gasteiger partial charge on any atom is -0.493 e. The number of carbonyl (C=O) groups is 1. The standard InChI is InChI=1S/C20H19NO5/c1-13-18(19(21-26-13)15-7-5-4-6-8-15)20(22)25-12-14-9-10-16(23-2)17(11-14)24-3/h4-11H,12H2,1-3H3. The first-order chi connectivity index (χ1) is 12.6. The van der Waals surface area contributed by atoms with Crippen LogP contribution < -0.4 is 9.47 Å². The summed E-state index contributed by atoms with van der Waals surface area (Å²) < 4.78 is 21.1. The first-order valence-electron chi connectivity index (χ1n) is 8.03. The number of hydrogen-bond acceptors (Lipinski definition) is 6. The van der Waals surface area contributed by atoms with Gasteiger partial charge in [-0.1, -0.05) is 41.6 Å². The van der Waals surface area contributed by atoms with E-state index in [-0.39, 0.29) is 6.61 Å². The van der Waals surface area contributed by atoms with Crippen LogP contribution in [-0.2, 0) is 11.3 Å². The molecule has 0 amide bonds. The molecular weight excluding hydrogens is 334 g/mol. The molecule has 3 rings (SSSR count). The van der Waals surface area contributed by atoms with E-state index in [2.05, 4.69) is 5.16 Å². The van der Waals surface area contributed by atoms with Crippen LogP contribution in [0.2, 0.25) is 0 Å². The molecule has 0 saturated carbocycles. The number of esters is 1. The molecule has 26 heavy (non-hydrogen) atoms. The monoisotopic (exact) mass is 353 g/mol. The van der Waals surface area contributed by atoms with Gasteiger partial charge in [-0.25, -0.2) is 4.79 Å². The lowest BCUT2D eigenvalue weighted by Crippen LogP contribution is -2.07. The fraction of sp³-hybridized carbons (Fsp3) is 0.200. The number of aryl methyl sites for hydroxylation is 1. The number of carbonyl (C=O) groups excluding carboxylic acids is 1. The molecule has 1 heterocycles.